The molecule has 18 heavy (non-hydrogen) atoms. The summed E-state index contributed by atoms with van der Waals surface area (Å²) < 4.78 is 33.9. The molecule has 0 aromatic heterocycles. The van der Waals surface area contributed by atoms with E-state index in [0.29, 0.717) is 0 Å². The van der Waals surface area contributed by atoms with Crippen molar-refractivity contribution in [2.45, 2.75) is 32.1 Å². The Hall–Kier alpha value is -0.860. The quantitative estimate of drug-likeness (QED) is 0.326. The van der Waals surface area contributed by atoms with Crippen LogP contribution in [0.5, 0.6) is 0 Å². The molecule has 0 unspecified atom stereocenters. The van der Waals surface area contributed by atoms with Crippen molar-refractivity contribution < 1.29 is 22.1 Å². The number of guanidine groups is 1. The zero-order valence-electron chi connectivity index (χ0n) is 10.5. The number of nitrogens with zero attached hydrogens (tertiary/aromatic N) is 2. The van der Waals surface area contributed by atoms with Gasteiger partial charge in [0.1, 0.15) is 0 Å². The van der Waals surface area contributed by atoms with Crippen LogP contribution in [0.2, 0.25) is 0 Å². The van der Waals surface area contributed by atoms with Crippen LogP contribution in [0.15, 0.2) is 0 Å². The lowest BCUT2D eigenvalue weighted by molar-refractivity contribution is -0.542. The van der Waals surface area contributed by atoms with E-state index in [2.05, 4.69) is 9.48 Å². The predicted octanol–water partition coefficient (Wildman–Crippen LogP) is -0.0595. The van der Waals surface area contributed by atoms with Crippen molar-refractivity contribution >= 4 is 16.4 Å². The molecule has 0 bridgehead atoms. The third kappa shape index (κ3) is 6.18. The van der Waals surface area contributed by atoms with E-state index in [4.69, 9.17) is 23.3 Å². The van der Waals surface area contributed by atoms with Crippen LogP contribution < -0.4 is 5.73 Å². The summed E-state index contributed by atoms with van der Waals surface area (Å²) >= 11 is 0. The van der Waals surface area contributed by atoms with Crippen molar-refractivity contribution in [3.63, 3.8) is 0 Å². The van der Waals surface area contributed by atoms with Gasteiger partial charge in [-0.25, -0.2) is 0 Å². The van der Waals surface area contributed by atoms with E-state index in [1.807, 2.05) is 0 Å². The fourth-order valence-corrected chi connectivity index (χ4v) is 2.27. The first kappa shape index (κ1) is 15.2. The van der Waals surface area contributed by atoms with E-state index in [9.17, 15) is 0 Å². The van der Waals surface area contributed by atoms with E-state index in [0.717, 1.165) is 5.96 Å². The molecule has 0 aromatic carbocycles. The summed E-state index contributed by atoms with van der Waals surface area (Å²) in [6.45, 7) is 4.68. The number of hydrogen-bond acceptors (Lipinski definition) is 2. The second kappa shape index (κ2) is 6.91. The van der Waals surface area contributed by atoms with Gasteiger partial charge in [0.05, 0.1) is 26.2 Å². The zero-order chi connectivity index (χ0) is 13.6. The Kier molecular flexibility index (Phi) is 5.83. The first-order chi connectivity index (χ1) is 8.38. The Bertz CT molecular complexity index is 372. The van der Waals surface area contributed by atoms with E-state index in [1.165, 1.54) is 58.3 Å². The molecular formula is C10H22N3O4S+. The highest BCUT2D eigenvalue weighted by atomic mass is 32.3. The summed E-state index contributed by atoms with van der Waals surface area (Å²) in [6.07, 6.45) is 6.63. The molecule has 0 aromatic rings. The molecule has 7 nitrogen and oxygen atoms in total. The van der Waals surface area contributed by atoms with Gasteiger partial charge in [-0.1, -0.05) is 0 Å². The standard InChI is InChI=1S/C10H19N3.H2O4S/c11-10(13-8-4-5-9-13)12-6-2-1-3-7-12;1-5(2,3)4/h11H,1-9H2;(H2,1,2,3,4)/p+1. The second-order valence-electron chi connectivity index (χ2n) is 4.55. The summed E-state index contributed by atoms with van der Waals surface area (Å²) in [5.74, 6) is 1.04. The highest BCUT2D eigenvalue weighted by Gasteiger charge is 2.23. The summed E-state index contributed by atoms with van der Waals surface area (Å²) in [7, 11) is -4.67. The molecule has 0 amide bonds. The molecule has 106 valence electrons. The lowest BCUT2D eigenvalue weighted by atomic mass is 10.2. The molecule has 0 aliphatic carbocycles. The second-order valence-corrected chi connectivity index (χ2v) is 5.44. The smallest absolute Gasteiger partial charge is 0.291 e. The molecule has 0 atom stereocenters. The molecule has 2 aliphatic rings. The predicted molar refractivity (Wildman–Crippen MR) is 68.0 cm³/mol. The molecule has 4 N–H and O–H groups in total. The summed E-state index contributed by atoms with van der Waals surface area (Å²) in [4.78, 5) is 2.34. The summed E-state index contributed by atoms with van der Waals surface area (Å²) in [5, 5.41) is 0. The van der Waals surface area contributed by atoms with Crippen molar-refractivity contribution in [1.82, 2.24) is 4.90 Å². The van der Waals surface area contributed by atoms with Gasteiger partial charge in [-0.2, -0.15) is 8.42 Å². The Labute approximate surface area is 108 Å². The molecule has 2 saturated heterocycles. The molecule has 0 saturated carbocycles. The number of likely N-dealkylation sites (tertiary alicyclic amines) is 1. The topological polar surface area (TPSA) is 107 Å². The van der Waals surface area contributed by atoms with Gasteiger partial charge in [-0.05, 0) is 32.1 Å². The molecule has 8 heteroatoms. The van der Waals surface area contributed by atoms with Gasteiger partial charge in [0.25, 0.3) is 0 Å². The van der Waals surface area contributed by atoms with Gasteiger partial charge in [0, 0.05) is 0 Å². The minimum absolute atomic E-state index is 1.04. The number of piperidine rings is 1. The summed E-state index contributed by atoms with van der Waals surface area (Å²) in [5.41, 5.74) is 6.12. The Morgan fingerprint density at radius 2 is 1.44 bits per heavy atom. The molecule has 2 aliphatic heterocycles. The van der Waals surface area contributed by atoms with Crippen LogP contribution in [-0.2, 0) is 10.4 Å². The van der Waals surface area contributed by atoms with Crippen LogP contribution in [0.4, 0.5) is 0 Å². The maximum absolute atomic E-state index is 8.74. The van der Waals surface area contributed by atoms with Crippen LogP contribution in [0.25, 0.3) is 0 Å². The van der Waals surface area contributed by atoms with Crippen molar-refractivity contribution in [3.05, 3.63) is 0 Å². The fraction of sp³-hybridized carbons (Fsp3) is 0.900. The van der Waals surface area contributed by atoms with E-state index in [-0.39, 0.29) is 0 Å². The lowest BCUT2D eigenvalue weighted by Gasteiger charge is -2.19. The first-order valence-corrected chi connectivity index (χ1v) is 7.60. The first-order valence-electron chi connectivity index (χ1n) is 6.20. The maximum Gasteiger partial charge on any atom is 0.394 e. The van der Waals surface area contributed by atoms with Crippen molar-refractivity contribution in [2.75, 3.05) is 26.2 Å². The third-order valence-electron chi connectivity index (χ3n) is 3.11. The van der Waals surface area contributed by atoms with Gasteiger partial charge in [-0.15, -0.1) is 0 Å². The van der Waals surface area contributed by atoms with Gasteiger partial charge in [0.15, 0.2) is 0 Å². The maximum atomic E-state index is 8.74. The van der Waals surface area contributed by atoms with Crippen LogP contribution in [0.3, 0.4) is 0 Å². The van der Waals surface area contributed by atoms with Gasteiger partial charge < -0.3 is 0 Å². The Balaban J connectivity index is 0.000000280. The minimum Gasteiger partial charge on any atom is -0.291 e. The zero-order valence-corrected chi connectivity index (χ0v) is 11.3. The SMILES string of the molecule is NC(N1CCCC1)=[N+]1CCCCC1.O=S(=O)(O)O. The monoisotopic (exact) mass is 280 g/mol. The average Bonchev–Trinajstić information content (AvgIpc) is 2.80. The largest absolute Gasteiger partial charge is 0.394 e. The van der Waals surface area contributed by atoms with Gasteiger partial charge in [-0.3, -0.25) is 24.3 Å². The number of nitrogens with two attached hydrogens (primary N) is 1. The third-order valence-corrected chi connectivity index (χ3v) is 3.11. The Morgan fingerprint density at radius 3 is 1.89 bits per heavy atom. The number of rotatable bonds is 0. The molecular weight excluding hydrogens is 258 g/mol. The fourth-order valence-electron chi connectivity index (χ4n) is 2.27. The Morgan fingerprint density at radius 1 is 1.00 bits per heavy atom. The van der Waals surface area contributed by atoms with Crippen molar-refractivity contribution in [1.29, 1.82) is 0 Å². The molecule has 0 radical (unpaired) electrons. The van der Waals surface area contributed by atoms with E-state index >= 15 is 0 Å². The van der Waals surface area contributed by atoms with Crippen LogP contribution >= 0.6 is 0 Å². The molecule has 2 fully saturated rings. The van der Waals surface area contributed by atoms with Crippen LogP contribution in [0, 0.1) is 0 Å². The molecule has 2 rings (SSSR count). The highest BCUT2D eigenvalue weighted by Crippen LogP contribution is 2.09. The van der Waals surface area contributed by atoms with Gasteiger partial charge >= 0.3 is 16.4 Å². The lowest BCUT2D eigenvalue weighted by Crippen LogP contribution is -2.44. The van der Waals surface area contributed by atoms with E-state index in [1.54, 1.807) is 0 Å². The van der Waals surface area contributed by atoms with Crippen LogP contribution in [0.1, 0.15) is 32.1 Å². The molecule has 2 heterocycles. The van der Waals surface area contributed by atoms with Crippen molar-refractivity contribution in [2.24, 2.45) is 5.73 Å². The van der Waals surface area contributed by atoms with Crippen molar-refractivity contribution in [3.8, 4) is 0 Å². The average molecular weight is 280 g/mol. The summed E-state index contributed by atoms with van der Waals surface area (Å²) in [6, 6.07) is 0. The minimum atomic E-state index is -4.67. The normalized spacial score (nSPS) is 20.3. The highest BCUT2D eigenvalue weighted by molar-refractivity contribution is 7.79. The number of hydrogen-bond donors (Lipinski definition) is 3. The van der Waals surface area contributed by atoms with Gasteiger partial charge in [0.2, 0.25) is 0 Å². The van der Waals surface area contributed by atoms with Crippen LogP contribution in [-0.4, -0.2) is 59.1 Å². The van der Waals surface area contributed by atoms with E-state index < -0.39 is 10.4 Å². The molecule has 0 spiro atoms.